The van der Waals surface area contributed by atoms with Gasteiger partial charge < -0.3 is 10.2 Å². The zero-order chi connectivity index (χ0) is 25.1. The van der Waals surface area contributed by atoms with Crippen molar-refractivity contribution in [2.24, 2.45) is 0 Å². The molecule has 2 heterocycles. The molecule has 1 aromatic heterocycles. The lowest BCUT2D eigenvalue weighted by Gasteiger charge is -2.37. The lowest BCUT2D eigenvalue weighted by Crippen LogP contribution is -2.47. The molecular formula is C28H37N5O2. The van der Waals surface area contributed by atoms with E-state index in [1.54, 1.807) is 11.5 Å². The Labute approximate surface area is 207 Å². The van der Waals surface area contributed by atoms with Crippen LogP contribution in [0.5, 0.6) is 0 Å². The van der Waals surface area contributed by atoms with Gasteiger partial charge >= 0.3 is 0 Å². The number of aromatic nitrogens is 2. The summed E-state index contributed by atoms with van der Waals surface area (Å²) in [5.41, 5.74) is 7.82. The summed E-state index contributed by atoms with van der Waals surface area (Å²) >= 11 is 0. The number of hydrogen-bond acceptors (Lipinski definition) is 5. The van der Waals surface area contributed by atoms with Gasteiger partial charge in [-0.05, 0) is 88.0 Å². The van der Waals surface area contributed by atoms with E-state index in [0.29, 0.717) is 17.8 Å². The van der Waals surface area contributed by atoms with E-state index in [9.17, 15) is 9.59 Å². The smallest absolute Gasteiger partial charge is 0.272 e. The first kappa shape index (κ1) is 24.9. The fourth-order valence-electron chi connectivity index (χ4n) is 4.78. The Kier molecular flexibility index (Phi) is 7.55. The summed E-state index contributed by atoms with van der Waals surface area (Å²) in [6, 6.07) is 10.6. The second kappa shape index (κ2) is 10.6. The summed E-state index contributed by atoms with van der Waals surface area (Å²) in [5, 5.41) is 3.00. The molecule has 0 saturated carbocycles. The third-order valence-corrected chi connectivity index (χ3v) is 7.08. The number of rotatable bonds is 7. The van der Waals surface area contributed by atoms with Gasteiger partial charge in [0.05, 0.1) is 11.0 Å². The quantitative estimate of drug-likeness (QED) is 0.531. The first-order valence-corrected chi connectivity index (χ1v) is 12.5. The standard InChI is InChI=1S/C28H37N5O2/c1-19-7-8-20(2)25(15-19)32-13-11-31(12-14-32)10-6-9-29-27(34)18-33-26-17-22(4)21(3)16-24(26)30-23(5)28(33)35/h7-8,15-17H,6,9-14,18H2,1-5H3,(H,29,34). The molecule has 0 radical (unpaired) electrons. The summed E-state index contributed by atoms with van der Waals surface area (Å²) in [6.07, 6.45) is 0.887. The molecule has 7 nitrogen and oxygen atoms in total. The van der Waals surface area contributed by atoms with Crippen LogP contribution in [0.15, 0.2) is 35.1 Å². The number of carbonyl (C=O) groups excluding carboxylic acids is 1. The molecule has 2 aromatic carbocycles. The molecule has 1 fully saturated rings. The Balaban J connectivity index is 1.27. The summed E-state index contributed by atoms with van der Waals surface area (Å²) in [7, 11) is 0. The Hall–Kier alpha value is -3.19. The maximum atomic E-state index is 12.7. The molecule has 1 aliphatic rings. The molecule has 7 heteroatoms. The molecular weight excluding hydrogens is 438 g/mol. The third-order valence-electron chi connectivity index (χ3n) is 7.08. The van der Waals surface area contributed by atoms with Crippen LogP contribution in [0.4, 0.5) is 5.69 Å². The molecule has 1 N–H and O–H groups in total. The highest BCUT2D eigenvalue weighted by molar-refractivity contribution is 5.81. The lowest BCUT2D eigenvalue weighted by molar-refractivity contribution is -0.121. The normalized spacial score (nSPS) is 14.5. The average Bonchev–Trinajstić information content (AvgIpc) is 2.83. The van der Waals surface area contributed by atoms with Crippen molar-refractivity contribution in [3.63, 3.8) is 0 Å². The van der Waals surface area contributed by atoms with E-state index in [-0.39, 0.29) is 18.0 Å². The van der Waals surface area contributed by atoms with Crippen molar-refractivity contribution in [1.29, 1.82) is 0 Å². The van der Waals surface area contributed by atoms with Gasteiger partial charge in [-0.15, -0.1) is 0 Å². The highest BCUT2D eigenvalue weighted by Gasteiger charge is 2.18. The lowest BCUT2D eigenvalue weighted by atomic mass is 10.1. The van der Waals surface area contributed by atoms with Crippen molar-refractivity contribution in [1.82, 2.24) is 19.8 Å². The minimum Gasteiger partial charge on any atom is -0.369 e. The number of nitrogens with zero attached hydrogens (tertiary/aromatic N) is 4. The monoisotopic (exact) mass is 475 g/mol. The molecule has 0 bridgehead atoms. The highest BCUT2D eigenvalue weighted by Crippen LogP contribution is 2.23. The Morgan fingerprint density at radius 2 is 1.66 bits per heavy atom. The van der Waals surface area contributed by atoms with Crippen LogP contribution in [-0.4, -0.2) is 59.6 Å². The predicted molar refractivity (Wildman–Crippen MR) is 142 cm³/mol. The number of hydrogen-bond donors (Lipinski definition) is 1. The van der Waals surface area contributed by atoms with Crippen LogP contribution < -0.4 is 15.8 Å². The minimum absolute atomic E-state index is 0.00963. The van der Waals surface area contributed by atoms with Crippen LogP contribution in [0.2, 0.25) is 0 Å². The van der Waals surface area contributed by atoms with Crippen LogP contribution in [0.1, 0.15) is 34.4 Å². The first-order chi connectivity index (χ1) is 16.7. The van der Waals surface area contributed by atoms with E-state index < -0.39 is 0 Å². The van der Waals surface area contributed by atoms with Gasteiger partial charge in [0.2, 0.25) is 5.91 Å². The number of aryl methyl sites for hydroxylation is 5. The van der Waals surface area contributed by atoms with Crippen LogP contribution >= 0.6 is 0 Å². The number of benzene rings is 2. The Morgan fingerprint density at radius 1 is 0.943 bits per heavy atom. The van der Waals surface area contributed by atoms with E-state index in [1.165, 1.54) is 16.8 Å². The molecule has 35 heavy (non-hydrogen) atoms. The van der Waals surface area contributed by atoms with Gasteiger partial charge in [-0.3, -0.25) is 19.1 Å². The van der Waals surface area contributed by atoms with Gasteiger partial charge in [0.25, 0.3) is 5.56 Å². The van der Waals surface area contributed by atoms with E-state index in [1.807, 2.05) is 26.0 Å². The molecule has 0 aliphatic carbocycles. The van der Waals surface area contributed by atoms with Crippen molar-refractivity contribution in [2.75, 3.05) is 44.2 Å². The average molecular weight is 476 g/mol. The van der Waals surface area contributed by atoms with Crippen LogP contribution in [-0.2, 0) is 11.3 Å². The van der Waals surface area contributed by atoms with Gasteiger partial charge in [0, 0.05) is 38.4 Å². The van der Waals surface area contributed by atoms with Gasteiger partial charge in [0.15, 0.2) is 0 Å². The number of nitrogens with one attached hydrogen (secondary N) is 1. The predicted octanol–water partition coefficient (Wildman–Crippen LogP) is 3.27. The second-order valence-electron chi connectivity index (χ2n) is 9.84. The van der Waals surface area contributed by atoms with Crippen molar-refractivity contribution < 1.29 is 4.79 Å². The van der Waals surface area contributed by atoms with E-state index >= 15 is 0 Å². The molecule has 1 amide bonds. The van der Waals surface area contributed by atoms with Crippen molar-refractivity contribution in [2.45, 2.75) is 47.6 Å². The third kappa shape index (κ3) is 5.73. The van der Waals surface area contributed by atoms with Crippen LogP contribution in [0.3, 0.4) is 0 Å². The molecule has 1 saturated heterocycles. The van der Waals surface area contributed by atoms with Gasteiger partial charge in [-0.25, -0.2) is 4.98 Å². The first-order valence-electron chi connectivity index (χ1n) is 12.5. The van der Waals surface area contributed by atoms with E-state index in [2.05, 4.69) is 52.1 Å². The van der Waals surface area contributed by atoms with Gasteiger partial charge in [0.1, 0.15) is 12.2 Å². The number of carbonyl (C=O) groups is 1. The Bertz CT molecular complexity index is 1290. The Morgan fingerprint density at radius 3 is 2.40 bits per heavy atom. The molecule has 0 unspecified atom stereocenters. The van der Waals surface area contributed by atoms with E-state index in [4.69, 9.17) is 0 Å². The molecule has 0 atom stereocenters. The van der Waals surface area contributed by atoms with Crippen molar-refractivity contribution in [3.05, 3.63) is 68.6 Å². The summed E-state index contributed by atoms with van der Waals surface area (Å²) in [6.45, 7) is 15.7. The van der Waals surface area contributed by atoms with Crippen LogP contribution in [0.25, 0.3) is 11.0 Å². The minimum atomic E-state index is -0.211. The van der Waals surface area contributed by atoms with Crippen molar-refractivity contribution >= 4 is 22.6 Å². The number of piperazine rings is 1. The fourth-order valence-corrected chi connectivity index (χ4v) is 4.78. The summed E-state index contributed by atoms with van der Waals surface area (Å²) in [4.78, 5) is 34.8. The van der Waals surface area contributed by atoms with Gasteiger partial charge in [-0.2, -0.15) is 0 Å². The largest absolute Gasteiger partial charge is 0.369 e. The molecule has 0 spiro atoms. The van der Waals surface area contributed by atoms with Crippen LogP contribution in [0, 0.1) is 34.6 Å². The zero-order valence-electron chi connectivity index (χ0n) is 21.6. The summed E-state index contributed by atoms with van der Waals surface area (Å²) in [5.74, 6) is -0.142. The summed E-state index contributed by atoms with van der Waals surface area (Å²) < 4.78 is 1.55. The van der Waals surface area contributed by atoms with Crippen molar-refractivity contribution in [3.8, 4) is 0 Å². The zero-order valence-corrected chi connectivity index (χ0v) is 21.6. The fraction of sp³-hybridized carbons (Fsp3) is 0.464. The second-order valence-corrected chi connectivity index (χ2v) is 9.84. The maximum Gasteiger partial charge on any atom is 0.272 e. The van der Waals surface area contributed by atoms with Gasteiger partial charge in [-0.1, -0.05) is 12.1 Å². The highest BCUT2D eigenvalue weighted by atomic mass is 16.2. The molecule has 3 aromatic rings. The molecule has 1 aliphatic heterocycles. The number of anilines is 1. The topological polar surface area (TPSA) is 70.5 Å². The molecule has 186 valence electrons. The van der Waals surface area contributed by atoms with E-state index in [0.717, 1.165) is 55.8 Å². The molecule has 4 rings (SSSR count). The maximum absolute atomic E-state index is 12.7. The number of amides is 1. The SMILES string of the molecule is Cc1ccc(C)c(N2CCN(CCCNC(=O)Cn3c(=O)c(C)nc4cc(C)c(C)cc43)CC2)c1. The number of fused-ring (bicyclic) bond motifs is 1.